The minimum absolute atomic E-state index is 0.556. The first-order chi connectivity index (χ1) is 6.72. The molecular formula is C11H13Cl2O. The van der Waals surface area contributed by atoms with E-state index in [9.17, 15) is 0 Å². The molecule has 0 unspecified atom stereocenters. The third kappa shape index (κ3) is 4.32. The van der Waals surface area contributed by atoms with Crippen LogP contribution in [0.15, 0.2) is 18.2 Å². The lowest BCUT2D eigenvalue weighted by Crippen LogP contribution is -1.94. The normalized spacial score (nSPS) is 10.5. The van der Waals surface area contributed by atoms with Crippen molar-refractivity contribution in [2.24, 2.45) is 0 Å². The SMILES string of the molecule is [CH2]CCCOCc1cc(Cl)cc(Cl)c1. The van der Waals surface area contributed by atoms with Crippen LogP contribution in [0.5, 0.6) is 0 Å². The van der Waals surface area contributed by atoms with Crippen molar-refractivity contribution in [2.75, 3.05) is 6.61 Å². The second-order valence-electron chi connectivity index (χ2n) is 3.04. The van der Waals surface area contributed by atoms with Crippen molar-refractivity contribution in [1.29, 1.82) is 0 Å². The molecule has 0 N–H and O–H groups in total. The maximum absolute atomic E-state index is 5.84. The van der Waals surface area contributed by atoms with Crippen molar-refractivity contribution in [3.63, 3.8) is 0 Å². The van der Waals surface area contributed by atoms with Crippen LogP contribution in [0.3, 0.4) is 0 Å². The molecule has 0 bridgehead atoms. The predicted molar refractivity (Wildman–Crippen MR) is 60.7 cm³/mol. The van der Waals surface area contributed by atoms with Gasteiger partial charge in [0.15, 0.2) is 0 Å². The summed E-state index contributed by atoms with van der Waals surface area (Å²) in [5, 5.41) is 1.29. The lowest BCUT2D eigenvalue weighted by molar-refractivity contribution is 0.119. The van der Waals surface area contributed by atoms with E-state index >= 15 is 0 Å². The van der Waals surface area contributed by atoms with Gasteiger partial charge in [-0.25, -0.2) is 0 Å². The van der Waals surface area contributed by atoms with Gasteiger partial charge in [-0.1, -0.05) is 36.5 Å². The first-order valence-corrected chi connectivity index (χ1v) is 5.30. The van der Waals surface area contributed by atoms with Gasteiger partial charge in [-0.3, -0.25) is 0 Å². The zero-order valence-corrected chi connectivity index (χ0v) is 9.44. The Labute approximate surface area is 95.0 Å². The Morgan fingerprint density at radius 1 is 1.14 bits per heavy atom. The molecule has 0 spiro atoms. The van der Waals surface area contributed by atoms with Gasteiger partial charge in [0.1, 0.15) is 0 Å². The van der Waals surface area contributed by atoms with Gasteiger partial charge in [0.25, 0.3) is 0 Å². The van der Waals surface area contributed by atoms with Gasteiger partial charge in [-0.2, -0.15) is 0 Å². The van der Waals surface area contributed by atoms with Gasteiger partial charge in [-0.15, -0.1) is 0 Å². The predicted octanol–water partition coefficient (Wildman–Crippen LogP) is 4.12. The maximum atomic E-state index is 5.84. The van der Waals surface area contributed by atoms with E-state index < -0.39 is 0 Å². The van der Waals surface area contributed by atoms with Crippen LogP contribution in [0.1, 0.15) is 18.4 Å². The Bertz CT molecular complexity index is 266. The zero-order chi connectivity index (χ0) is 10.4. The van der Waals surface area contributed by atoms with Crippen LogP contribution in [-0.4, -0.2) is 6.61 Å². The summed E-state index contributed by atoms with van der Waals surface area (Å²) < 4.78 is 5.41. The molecule has 0 aliphatic rings. The first-order valence-electron chi connectivity index (χ1n) is 4.54. The quantitative estimate of drug-likeness (QED) is 0.693. The average molecular weight is 232 g/mol. The molecule has 1 rings (SSSR count). The molecule has 77 valence electrons. The molecule has 1 nitrogen and oxygen atoms in total. The topological polar surface area (TPSA) is 9.23 Å². The number of hydrogen-bond acceptors (Lipinski definition) is 1. The first kappa shape index (κ1) is 11.8. The highest BCUT2D eigenvalue weighted by molar-refractivity contribution is 6.34. The van der Waals surface area contributed by atoms with Crippen LogP contribution >= 0.6 is 23.2 Å². The minimum Gasteiger partial charge on any atom is -0.377 e. The summed E-state index contributed by atoms with van der Waals surface area (Å²) in [6.07, 6.45) is 1.88. The zero-order valence-electron chi connectivity index (χ0n) is 7.93. The van der Waals surface area contributed by atoms with Crippen LogP contribution in [0, 0.1) is 6.92 Å². The molecule has 0 aromatic heterocycles. The van der Waals surface area contributed by atoms with Crippen LogP contribution in [-0.2, 0) is 11.3 Å². The van der Waals surface area contributed by atoms with Crippen molar-refractivity contribution in [3.05, 3.63) is 40.7 Å². The third-order valence-corrected chi connectivity index (χ3v) is 2.17. The fraction of sp³-hybridized carbons (Fsp3) is 0.364. The van der Waals surface area contributed by atoms with E-state index in [1.807, 2.05) is 12.1 Å². The standard InChI is InChI=1S/C11H13Cl2O/c1-2-3-4-14-8-9-5-10(12)7-11(13)6-9/h5-7H,1-4,8H2. The summed E-state index contributed by atoms with van der Waals surface area (Å²) in [4.78, 5) is 0. The maximum Gasteiger partial charge on any atom is 0.0717 e. The second-order valence-corrected chi connectivity index (χ2v) is 3.91. The molecule has 0 atom stereocenters. The highest BCUT2D eigenvalue weighted by Crippen LogP contribution is 2.19. The fourth-order valence-corrected chi connectivity index (χ4v) is 1.66. The van der Waals surface area contributed by atoms with Gasteiger partial charge in [0.05, 0.1) is 6.61 Å². The van der Waals surface area contributed by atoms with Crippen molar-refractivity contribution in [3.8, 4) is 0 Å². The molecule has 0 aliphatic heterocycles. The molecule has 14 heavy (non-hydrogen) atoms. The summed E-state index contributed by atoms with van der Waals surface area (Å²) in [6.45, 7) is 5.02. The molecule has 0 saturated heterocycles. The van der Waals surface area contributed by atoms with E-state index in [-0.39, 0.29) is 0 Å². The highest BCUT2D eigenvalue weighted by atomic mass is 35.5. The molecular weight excluding hydrogens is 219 g/mol. The van der Waals surface area contributed by atoms with Gasteiger partial charge in [-0.05, 0) is 30.2 Å². The van der Waals surface area contributed by atoms with Gasteiger partial charge >= 0.3 is 0 Å². The van der Waals surface area contributed by atoms with E-state index in [4.69, 9.17) is 27.9 Å². The summed E-state index contributed by atoms with van der Waals surface area (Å²) >= 11 is 11.7. The third-order valence-electron chi connectivity index (χ3n) is 1.73. The Morgan fingerprint density at radius 3 is 2.36 bits per heavy atom. The van der Waals surface area contributed by atoms with Crippen molar-refractivity contribution in [1.82, 2.24) is 0 Å². The highest BCUT2D eigenvalue weighted by Gasteiger charge is 1.98. The molecule has 1 radical (unpaired) electrons. The van der Waals surface area contributed by atoms with Crippen LogP contribution in [0.4, 0.5) is 0 Å². The van der Waals surface area contributed by atoms with Crippen LogP contribution in [0.2, 0.25) is 10.0 Å². The molecule has 0 saturated carbocycles. The van der Waals surface area contributed by atoms with E-state index in [1.54, 1.807) is 6.07 Å². The fourth-order valence-electron chi connectivity index (χ4n) is 1.09. The molecule has 1 aromatic carbocycles. The van der Waals surface area contributed by atoms with Crippen LogP contribution in [0.25, 0.3) is 0 Å². The summed E-state index contributed by atoms with van der Waals surface area (Å²) in [6, 6.07) is 5.43. The largest absolute Gasteiger partial charge is 0.377 e. The Kier molecular flexibility index (Phi) is 5.31. The molecule has 3 heteroatoms. The Hall–Kier alpha value is -0.240. The molecule has 0 heterocycles. The second kappa shape index (κ2) is 6.28. The number of hydrogen-bond donors (Lipinski definition) is 0. The number of rotatable bonds is 5. The van der Waals surface area contributed by atoms with Crippen molar-refractivity contribution >= 4 is 23.2 Å². The number of unbranched alkanes of at least 4 members (excludes halogenated alkanes) is 1. The average Bonchev–Trinajstić information content (AvgIpc) is 2.11. The minimum atomic E-state index is 0.556. The van der Waals surface area contributed by atoms with Crippen molar-refractivity contribution in [2.45, 2.75) is 19.4 Å². The molecule has 0 amide bonds. The van der Waals surface area contributed by atoms with Crippen molar-refractivity contribution < 1.29 is 4.74 Å². The van der Waals surface area contributed by atoms with E-state index in [1.165, 1.54) is 0 Å². The smallest absolute Gasteiger partial charge is 0.0717 e. The summed E-state index contributed by atoms with van der Waals surface area (Å²) in [5.41, 5.74) is 1.01. The summed E-state index contributed by atoms with van der Waals surface area (Å²) in [7, 11) is 0. The molecule has 0 fully saturated rings. The summed E-state index contributed by atoms with van der Waals surface area (Å²) in [5.74, 6) is 0. The van der Waals surface area contributed by atoms with Crippen LogP contribution < -0.4 is 0 Å². The van der Waals surface area contributed by atoms with Gasteiger partial charge in [0, 0.05) is 16.7 Å². The lowest BCUT2D eigenvalue weighted by Gasteiger charge is -2.04. The number of ether oxygens (including phenoxy) is 1. The lowest BCUT2D eigenvalue weighted by atomic mass is 10.2. The van der Waals surface area contributed by atoms with E-state index in [2.05, 4.69) is 6.92 Å². The number of halogens is 2. The Balaban J connectivity index is 2.42. The van der Waals surface area contributed by atoms with E-state index in [0.29, 0.717) is 16.7 Å². The molecule has 1 aromatic rings. The monoisotopic (exact) mass is 231 g/mol. The number of benzene rings is 1. The van der Waals surface area contributed by atoms with E-state index in [0.717, 1.165) is 25.0 Å². The van der Waals surface area contributed by atoms with Gasteiger partial charge < -0.3 is 4.74 Å². The Morgan fingerprint density at radius 2 is 1.79 bits per heavy atom. The molecule has 0 aliphatic carbocycles. The van der Waals surface area contributed by atoms with Gasteiger partial charge in [0.2, 0.25) is 0 Å².